The topological polar surface area (TPSA) is 88.9 Å². The Labute approximate surface area is 175 Å². The van der Waals surface area contributed by atoms with Gasteiger partial charge in [0.1, 0.15) is 0 Å². The Bertz CT molecular complexity index is 1120. The van der Waals surface area contributed by atoms with Crippen LogP contribution in [0.3, 0.4) is 0 Å². The fourth-order valence-corrected chi connectivity index (χ4v) is 4.61. The third kappa shape index (κ3) is 4.46. The van der Waals surface area contributed by atoms with Gasteiger partial charge < -0.3 is 14.5 Å². The maximum atomic E-state index is 12.7. The van der Waals surface area contributed by atoms with Gasteiger partial charge in [-0.25, -0.2) is 8.42 Å². The highest BCUT2D eigenvalue weighted by atomic mass is 32.2. The third-order valence-electron chi connectivity index (χ3n) is 4.87. The van der Waals surface area contributed by atoms with E-state index in [0.717, 1.165) is 11.1 Å². The number of furan rings is 1. The van der Waals surface area contributed by atoms with Gasteiger partial charge in [-0.3, -0.25) is 4.79 Å². The predicted molar refractivity (Wildman–Crippen MR) is 112 cm³/mol. The van der Waals surface area contributed by atoms with E-state index in [0.29, 0.717) is 25.3 Å². The lowest BCUT2D eigenvalue weighted by atomic mass is 10.0. The zero-order valence-corrected chi connectivity index (χ0v) is 17.1. The quantitative estimate of drug-likeness (QED) is 0.654. The Morgan fingerprint density at radius 3 is 2.40 bits per heavy atom. The molecular formula is C22H22N2O5S. The molecule has 0 aliphatic carbocycles. The number of hydrogen-bond donors (Lipinski definition) is 1. The summed E-state index contributed by atoms with van der Waals surface area (Å²) in [4.78, 5) is 12.7. The van der Waals surface area contributed by atoms with Crippen LogP contribution in [0, 0.1) is 0 Å². The number of sulfonamides is 1. The van der Waals surface area contributed by atoms with E-state index in [2.05, 4.69) is 5.32 Å². The van der Waals surface area contributed by atoms with Crippen LogP contribution in [0.4, 0.5) is 5.69 Å². The molecule has 2 heterocycles. The van der Waals surface area contributed by atoms with Crippen molar-refractivity contribution in [3.63, 3.8) is 0 Å². The minimum atomic E-state index is -3.79. The summed E-state index contributed by atoms with van der Waals surface area (Å²) in [5, 5.41) is 2.59. The fraction of sp³-hybridized carbons (Fsp3) is 0.227. The van der Waals surface area contributed by atoms with Crippen LogP contribution >= 0.6 is 0 Å². The first-order valence-electron chi connectivity index (χ1n) is 9.65. The number of carbonyl (C=O) groups excluding carboxylic acids is 1. The van der Waals surface area contributed by atoms with E-state index in [9.17, 15) is 13.2 Å². The van der Waals surface area contributed by atoms with E-state index < -0.39 is 15.9 Å². The Morgan fingerprint density at radius 1 is 0.933 bits per heavy atom. The summed E-state index contributed by atoms with van der Waals surface area (Å²) < 4.78 is 37.3. The SMILES string of the molecule is O=C(Nc1ccccc1Cc1ccccc1)c1ccc(S(=O)(=O)N2CCOCC2)o1. The summed E-state index contributed by atoms with van der Waals surface area (Å²) in [6.45, 7) is 1.20. The second-order valence-corrected chi connectivity index (χ2v) is 8.78. The predicted octanol–water partition coefficient (Wildman–Crippen LogP) is 3.14. The molecule has 0 unspecified atom stereocenters. The summed E-state index contributed by atoms with van der Waals surface area (Å²) in [7, 11) is -3.79. The number of nitrogens with one attached hydrogen (secondary N) is 1. The molecule has 0 spiro atoms. The molecule has 2 aromatic carbocycles. The van der Waals surface area contributed by atoms with Crippen molar-refractivity contribution in [1.29, 1.82) is 0 Å². The number of benzene rings is 2. The highest BCUT2D eigenvalue weighted by molar-refractivity contribution is 7.89. The molecule has 0 bridgehead atoms. The van der Waals surface area contributed by atoms with Crippen LogP contribution in [-0.4, -0.2) is 44.9 Å². The lowest BCUT2D eigenvalue weighted by molar-refractivity contribution is 0.0723. The van der Waals surface area contributed by atoms with Crippen molar-refractivity contribution in [2.45, 2.75) is 11.5 Å². The molecule has 30 heavy (non-hydrogen) atoms. The van der Waals surface area contributed by atoms with Crippen molar-refractivity contribution < 1.29 is 22.4 Å². The third-order valence-corrected chi connectivity index (χ3v) is 6.65. The van der Waals surface area contributed by atoms with Crippen LogP contribution in [0.5, 0.6) is 0 Å². The summed E-state index contributed by atoms with van der Waals surface area (Å²) >= 11 is 0. The first-order chi connectivity index (χ1) is 14.5. The van der Waals surface area contributed by atoms with Crippen molar-refractivity contribution in [3.05, 3.63) is 83.6 Å². The standard InChI is InChI=1S/C22H22N2O5S/c25-22(20-10-11-21(29-20)30(26,27)24-12-14-28-15-13-24)23-19-9-5-4-8-18(19)16-17-6-2-1-3-7-17/h1-11H,12-16H2,(H,23,25). The minimum Gasteiger partial charge on any atom is -0.438 e. The summed E-state index contributed by atoms with van der Waals surface area (Å²) in [5.74, 6) is -0.560. The molecule has 1 amide bonds. The van der Waals surface area contributed by atoms with Gasteiger partial charge in [-0.2, -0.15) is 4.31 Å². The lowest BCUT2D eigenvalue weighted by Gasteiger charge is -2.24. The van der Waals surface area contributed by atoms with Gasteiger partial charge in [0.2, 0.25) is 5.09 Å². The molecular weight excluding hydrogens is 404 g/mol. The van der Waals surface area contributed by atoms with Gasteiger partial charge >= 0.3 is 0 Å². The molecule has 1 aromatic heterocycles. The monoisotopic (exact) mass is 426 g/mol. The molecule has 1 aliphatic rings. The number of ether oxygens (including phenoxy) is 1. The summed E-state index contributed by atoms with van der Waals surface area (Å²) in [6.07, 6.45) is 0.659. The highest BCUT2D eigenvalue weighted by Crippen LogP contribution is 2.23. The van der Waals surface area contributed by atoms with Crippen molar-refractivity contribution >= 4 is 21.6 Å². The Balaban J connectivity index is 1.50. The number of rotatable bonds is 6. The van der Waals surface area contributed by atoms with Crippen molar-refractivity contribution in [3.8, 4) is 0 Å². The fourth-order valence-electron chi connectivity index (χ4n) is 3.29. The van der Waals surface area contributed by atoms with E-state index in [1.807, 2.05) is 54.6 Å². The number of amides is 1. The molecule has 7 nitrogen and oxygen atoms in total. The van der Waals surface area contributed by atoms with Crippen LogP contribution in [0.1, 0.15) is 21.7 Å². The Kier molecular flexibility index (Phi) is 5.98. The highest BCUT2D eigenvalue weighted by Gasteiger charge is 2.30. The van der Waals surface area contributed by atoms with Crippen LogP contribution < -0.4 is 5.32 Å². The van der Waals surface area contributed by atoms with Crippen molar-refractivity contribution in [2.75, 3.05) is 31.6 Å². The van der Waals surface area contributed by atoms with Gasteiger partial charge in [-0.1, -0.05) is 48.5 Å². The number of carbonyl (C=O) groups is 1. The van der Waals surface area contributed by atoms with Gasteiger partial charge in [0.15, 0.2) is 5.76 Å². The van der Waals surface area contributed by atoms with Gasteiger partial charge in [0, 0.05) is 18.8 Å². The van der Waals surface area contributed by atoms with E-state index in [1.165, 1.54) is 16.4 Å². The van der Waals surface area contributed by atoms with Crippen LogP contribution in [-0.2, 0) is 21.2 Å². The normalized spacial score (nSPS) is 15.1. The number of morpholine rings is 1. The van der Waals surface area contributed by atoms with Gasteiger partial charge in [-0.05, 0) is 35.7 Å². The minimum absolute atomic E-state index is 0.0589. The molecule has 1 aliphatic heterocycles. The molecule has 0 radical (unpaired) electrons. The first-order valence-corrected chi connectivity index (χ1v) is 11.1. The van der Waals surface area contributed by atoms with Crippen molar-refractivity contribution in [1.82, 2.24) is 4.31 Å². The largest absolute Gasteiger partial charge is 0.438 e. The van der Waals surface area contributed by atoms with Gasteiger partial charge in [-0.15, -0.1) is 0 Å². The second kappa shape index (κ2) is 8.83. The summed E-state index contributed by atoms with van der Waals surface area (Å²) in [6, 6.07) is 20.1. The van der Waals surface area contributed by atoms with Crippen LogP contribution in [0.2, 0.25) is 0 Å². The molecule has 156 valence electrons. The number of anilines is 1. The average Bonchev–Trinajstić information content (AvgIpc) is 3.28. The zero-order valence-electron chi connectivity index (χ0n) is 16.3. The molecule has 1 fully saturated rings. The first kappa shape index (κ1) is 20.3. The molecule has 1 N–H and O–H groups in total. The molecule has 0 atom stereocenters. The molecule has 4 rings (SSSR count). The zero-order chi connectivity index (χ0) is 21.0. The molecule has 0 saturated carbocycles. The van der Waals surface area contributed by atoms with Crippen LogP contribution in [0.15, 0.2) is 76.2 Å². The lowest BCUT2D eigenvalue weighted by Crippen LogP contribution is -2.40. The van der Waals surface area contributed by atoms with E-state index in [-0.39, 0.29) is 23.9 Å². The number of para-hydroxylation sites is 1. The maximum Gasteiger partial charge on any atom is 0.291 e. The molecule has 1 saturated heterocycles. The van der Waals surface area contributed by atoms with Gasteiger partial charge in [0.05, 0.1) is 13.2 Å². The van der Waals surface area contributed by atoms with E-state index >= 15 is 0 Å². The molecule has 8 heteroatoms. The Hall–Kier alpha value is -2.94. The van der Waals surface area contributed by atoms with E-state index in [1.54, 1.807) is 0 Å². The smallest absolute Gasteiger partial charge is 0.291 e. The number of nitrogens with zero attached hydrogens (tertiary/aromatic N) is 1. The summed E-state index contributed by atoms with van der Waals surface area (Å²) in [5.41, 5.74) is 2.72. The van der Waals surface area contributed by atoms with E-state index in [4.69, 9.17) is 9.15 Å². The second-order valence-electron chi connectivity index (χ2n) is 6.91. The Morgan fingerprint density at radius 2 is 1.63 bits per heavy atom. The molecule has 3 aromatic rings. The average molecular weight is 426 g/mol. The van der Waals surface area contributed by atoms with Crippen molar-refractivity contribution in [2.24, 2.45) is 0 Å². The number of hydrogen-bond acceptors (Lipinski definition) is 5. The van der Waals surface area contributed by atoms with Crippen LogP contribution in [0.25, 0.3) is 0 Å². The van der Waals surface area contributed by atoms with Gasteiger partial charge in [0.25, 0.3) is 15.9 Å². The maximum absolute atomic E-state index is 12.7.